The number of aromatic nitrogens is 4. The number of esters is 1. The number of carbonyl (C=O) groups is 2. The molecule has 0 bridgehead atoms. The number of hydrogen-bond acceptors (Lipinski definition) is 10. The number of fused-ring (bicyclic) bond motifs is 1. The summed E-state index contributed by atoms with van der Waals surface area (Å²) < 4.78 is 14.7. The molecule has 2 aromatic rings. The van der Waals surface area contributed by atoms with Crippen molar-refractivity contribution in [2.45, 2.75) is 83.4 Å². The lowest BCUT2D eigenvalue weighted by atomic mass is 9.81. The van der Waals surface area contributed by atoms with E-state index in [2.05, 4.69) is 19.9 Å². The molecule has 3 aliphatic rings. The van der Waals surface area contributed by atoms with Crippen LogP contribution in [0.5, 0.6) is 0 Å². The zero-order valence-corrected chi connectivity index (χ0v) is 24.5. The van der Waals surface area contributed by atoms with Crippen molar-refractivity contribution in [3.8, 4) is 0 Å². The number of likely N-dealkylation sites (tertiary alicyclic amines) is 2. The number of piperidine rings is 2. The van der Waals surface area contributed by atoms with E-state index in [1.807, 2.05) is 27.0 Å². The first kappa shape index (κ1) is 28.9. The van der Waals surface area contributed by atoms with Gasteiger partial charge in [0.05, 0.1) is 17.8 Å². The van der Waals surface area contributed by atoms with Gasteiger partial charge < -0.3 is 30.1 Å². The summed E-state index contributed by atoms with van der Waals surface area (Å²) >= 11 is 1.62. The molecule has 0 saturated carbocycles. The van der Waals surface area contributed by atoms with E-state index in [-0.39, 0.29) is 35.9 Å². The van der Waals surface area contributed by atoms with Crippen LogP contribution in [0.15, 0.2) is 12.7 Å². The molecule has 3 aliphatic heterocycles. The minimum atomic E-state index is -0.956. The first-order chi connectivity index (χ1) is 19.1. The first-order valence-corrected chi connectivity index (χ1v) is 15.5. The van der Waals surface area contributed by atoms with Crippen molar-refractivity contribution in [2.24, 2.45) is 11.3 Å². The Morgan fingerprint density at radius 2 is 1.93 bits per heavy atom. The summed E-state index contributed by atoms with van der Waals surface area (Å²) in [7, 11) is 0. The van der Waals surface area contributed by atoms with Crippen LogP contribution in [0.3, 0.4) is 0 Å². The molecule has 2 aromatic heterocycles. The van der Waals surface area contributed by atoms with E-state index in [0.717, 1.165) is 32.4 Å². The first-order valence-electron chi connectivity index (χ1n) is 14.1. The van der Waals surface area contributed by atoms with E-state index in [0.29, 0.717) is 29.9 Å². The lowest BCUT2D eigenvalue weighted by molar-refractivity contribution is -0.167. The molecule has 1 amide bonds. The highest BCUT2D eigenvalue weighted by Gasteiger charge is 2.55. The van der Waals surface area contributed by atoms with Gasteiger partial charge in [-0.05, 0) is 65.8 Å². The molecule has 6 atom stereocenters. The Labute approximate surface area is 239 Å². The summed E-state index contributed by atoms with van der Waals surface area (Å²) in [5.74, 6) is 0.108. The van der Waals surface area contributed by atoms with E-state index in [9.17, 15) is 14.7 Å². The third kappa shape index (κ3) is 5.60. The number of imidazole rings is 1. The zero-order valence-electron chi connectivity index (χ0n) is 23.7. The highest BCUT2D eigenvalue weighted by Crippen LogP contribution is 2.45. The van der Waals surface area contributed by atoms with Gasteiger partial charge in [-0.3, -0.25) is 9.36 Å². The molecule has 2 unspecified atom stereocenters. The Morgan fingerprint density at radius 1 is 1.18 bits per heavy atom. The fourth-order valence-electron chi connectivity index (χ4n) is 6.44. The number of ether oxygens (including phenoxy) is 2. The van der Waals surface area contributed by atoms with Crippen molar-refractivity contribution in [2.75, 3.05) is 37.4 Å². The second-order valence-electron chi connectivity index (χ2n) is 12.1. The number of carbonyl (C=O) groups excluding carboxylic acids is 1. The van der Waals surface area contributed by atoms with Crippen molar-refractivity contribution >= 4 is 40.8 Å². The Hall–Kier alpha value is -2.64. The number of amides is 1. The molecule has 5 heterocycles. The van der Waals surface area contributed by atoms with Crippen molar-refractivity contribution in [1.29, 1.82) is 0 Å². The quantitative estimate of drug-likeness (QED) is 0.489. The van der Waals surface area contributed by atoms with Crippen LogP contribution in [-0.4, -0.2) is 102 Å². The fraction of sp³-hybridized carbons (Fsp3) is 0.741. The van der Waals surface area contributed by atoms with E-state index in [1.165, 1.54) is 12.7 Å². The molecule has 220 valence electrons. The summed E-state index contributed by atoms with van der Waals surface area (Å²) in [6.07, 6.45) is 7.15. The number of carboxylic acid groups (broad SMARTS) is 1. The van der Waals surface area contributed by atoms with Gasteiger partial charge >= 0.3 is 12.1 Å². The largest absolute Gasteiger partial charge is 0.465 e. The van der Waals surface area contributed by atoms with Crippen LogP contribution in [0, 0.1) is 11.3 Å². The van der Waals surface area contributed by atoms with E-state index >= 15 is 0 Å². The van der Waals surface area contributed by atoms with Gasteiger partial charge in [0.1, 0.15) is 11.8 Å². The second kappa shape index (κ2) is 11.7. The maximum absolute atomic E-state index is 13.4. The molecule has 0 radical (unpaired) electrons. The summed E-state index contributed by atoms with van der Waals surface area (Å²) in [5, 5.41) is 10.3. The number of anilines is 1. The second-order valence-corrected chi connectivity index (χ2v) is 13.0. The van der Waals surface area contributed by atoms with Gasteiger partial charge in [0.2, 0.25) is 0 Å². The Morgan fingerprint density at radius 3 is 2.60 bits per heavy atom. The van der Waals surface area contributed by atoms with Crippen molar-refractivity contribution in [1.82, 2.24) is 29.3 Å². The molecule has 3 N–H and O–H groups in total. The van der Waals surface area contributed by atoms with Gasteiger partial charge in [-0.2, -0.15) is 11.8 Å². The molecule has 12 nitrogen and oxygen atoms in total. The van der Waals surface area contributed by atoms with E-state index in [1.54, 1.807) is 27.6 Å². The minimum absolute atomic E-state index is 0.246. The van der Waals surface area contributed by atoms with Gasteiger partial charge in [-0.1, -0.05) is 6.42 Å². The molecule has 3 saturated heterocycles. The topological polar surface area (TPSA) is 149 Å². The minimum Gasteiger partial charge on any atom is -0.465 e. The molecule has 13 heteroatoms. The Bertz CT molecular complexity index is 1210. The molecule has 5 rings (SSSR count). The number of nitrogen functional groups attached to an aromatic ring is 1. The van der Waals surface area contributed by atoms with E-state index in [4.69, 9.17) is 15.2 Å². The number of hydrogen-bond donors (Lipinski definition) is 2. The molecule has 3 fully saturated rings. The molecule has 0 aliphatic carbocycles. The van der Waals surface area contributed by atoms with Crippen LogP contribution < -0.4 is 5.73 Å². The molecule has 40 heavy (non-hydrogen) atoms. The monoisotopic (exact) mass is 575 g/mol. The SMILES string of the molecule is CSC[C@H]1O[C@@H](n2cnc3c(N)ncnc32)[C@H](OC(=O)C(C)(C)C)[C@@H]1C1CC(N2CCCCC2)CCN1C(=O)O. The third-order valence-electron chi connectivity index (χ3n) is 8.47. The van der Waals surface area contributed by atoms with Gasteiger partial charge in [-0.25, -0.2) is 19.7 Å². The lowest BCUT2D eigenvalue weighted by Gasteiger charge is -2.47. The normalized spacial score (nSPS) is 30.1. The van der Waals surface area contributed by atoms with Gasteiger partial charge in [-0.15, -0.1) is 0 Å². The highest BCUT2D eigenvalue weighted by molar-refractivity contribution is 7.98. The van der Waals surface area contributed by atoms with Gasteiger partial charge in [0.15, 0.2) is 23.8 Å². The maximum Gasteiger partial charge on any atom is 0.407 e. The summed E-state index contributed by atoms with van der Waals surface area (Å²) in [4.78, 5) is 42.9. The highest BCUT2D eigenvalue weighted by atomic mass is 32.2. The lowest BCUT2D eigenvalue weighted by Crippen LogP contribution is -2.58. The Kier molecular flexibility index (Phi) is 8.44. The summed E-state index contributed by atoms with van der Waals surface area (Å²) in [5.41, 5.74) is 6.22. The predicted molar refractivity (Wildman–Crippen MR) is 152 cm³/mol. The summed E-state index contributed by atoms with van der Waals surface area (Å²) in [6.45, 7) is 7.94. The number of thioether (sulfide) groups is 1. The maximum atomic E-state index is 13.4. The molecule has 0 aromatic carbocycles. The van der Waals surface area contributed by atoms with Crippen molar-refractivity contribution in [3.05, 3.63) is 12.7 Å². The molecular weight excluding hydrogens is 534 g/mol. The van der Waals surface area contributed by atoms with Crippen LogP contribution in [-0.2, 0) is 14.3 Å². The number of nitrogens with two attached hydrogens (primary N) is 1. The zero-order chi connectivity index (χ0) is 28.6. The predicted octanol–water partition coefficient (Wildman–Crippen LogP) is 3.24. The van der Waals surface area contributed by atoms with Gasteiger partial charge in [0.25, 0.3) is 0 Å². The van der Waals surface area contributed by atoms with Crippen LogP contribution >= 0.6 is 11.8 Å². The standard InChI is InChI=1S/C27H41N7O5S/c1-27(2,3)25(35)39-21-19(17-12-16(8-11-33(17)26(36)37)32-9-6-5-7-10-32)18(13-40-4)38-24(21)34-15-31-20-22(28)29-14-30-23(20)34/h14-19,21,24H,5-13H2,1-4H3,(H,36,37)(H2,28,29,30)/t16?,17?,18-,19-,21-,24-/m1/s1. The van der Waals surface area contributed by atoms with Gasteiger partial charge in [0, 0.05) is 30.3 Å². The summed E-state index contributed by atoms with van der Waals surface area (Å²) in [6, 6.07) is -0.108. The number of rotatable bonds is 6. The average molecular weight is 576 g/mol. The van der Waals surface area contributed by atoms with Crippen LogP contribution in [0.2, 0.25) is 0 Å². The van der Waals surface area contributed by atoms with Crippen LogP contribution in [0.1, 0.15) is 59.1 Å². The van der Waals surface area contributed by atoms with Crippen LogP contribution in [0.4, 0.5) is 10.6 Å². The van der Waals surface area contributed by atoms with Crippen molar-refractivity contribution in [3.63, 3.8) is 0 Å². The number of nitrogens with zero attached hydrogens (tertiary/aromatic N) is 6. The molecule has 0 spiro atoms. The molecular formula is C27H41N7O5S. The van der Waals surface area contributed by atoms with Crippen LogP contribution in [0.25, 0.3) is 11.2 Å². The average Bonchev–Trinajstić information content (AvgIpc) is 3.50. The van der Waals surface area contributed by atoms with E-state index < -0.39 is 23.8 Å². The third-order valence-corrected chi connectivity index (χ3v) is 9.13. The fourth-order valence-corrected chi connectivity index (χ4v) is 7.07. The smallest absolute Gasteiger partial charge is 0.407 e. The van der Waals surface area contributed by atoms with Crippen molar-refractivity contribution < 1.29 is 24.2 Å². The Balaban J connectivity index is 1.57.